The van der Waals surface area contributed by atoms with E-state index in [0.29, 0.717) is 42.3 Å². The Morgan fingerprint density at radius 1 is 0.969 bits per heavy atom. The number of carbonyl (C=O) groups is 2. The average molecular weight is 439 g/mol. The van der Waals surface area contributed by atoms with Gasteiger partial charge in [-0.2, -0.15) is 5.26 Å². The molecule has 0 unspecified atom stereocenters. The zero-order valence-corrected chi connectivity index (χ0v) is 19.7. The second-order valence-corrected chi connectivity index (χ2v) is 7.83. The highest BCUT2D eigenvalue weighted by atomic mass is 16.5. The van der Waals surface area contributed by atoms with Crippen LogP contribution in [0.25, 0.3) is 6.08 Å². The molecule has 1 aliphatic rings. The predicted molar refractivity (Wildman–Crippen MR) is 125 cm³/mol. The van der Waals surface area contributed by atoms with Crippen molar-refractivity contribution in [2.75, 3.05) is 19.8 Å². The van der Waals surface area contributed by atoms with Gasteiger partial charge in [0.15, 0.2) is 11.5 Å². The third-order valence-corrected chi connectivity index (χ3v) is 5.36. The van der Waals surface area contributed by atoms with Gasteiger partial charge in [0.1, 0.15) is 11.6 Å². The number of hydrogen-bond acceptors (Lipinski definition) is 5. The van der Waals surface area contributed by atoms with Gasteiger partial charge in [-0.25, -0.2) is 0 Å². The molecule has 0 saturated carbocycles. The van der Waals surface area contributed by atoms with Crippen LogP contribution < -0.4 is 9.47 Å². The normalized spacial score (nSPS) is 15.3. The summed E-state index contributed by atoms with van der Waals surface area (Å²) < 4.78 is 11.7. The number of carbonyl (C=O) groups excluding carboxylic acids is 2. The molecule has 1 aromatic rings. The molecule has 2 amide bonds. The molecule has 0 radical (unpaired) electrons. The van der Waals surface area contributed by atoms with Crippen LogP contribution >= 0.6 is 0 Å². The first-order valence-electron chi connectivity index (χ1n) is 11.6. The summed E-state index contributed by atoms with van der Waals surface area (Å²) in [6.07, 6.45) is 8.15. The molecule has 1 aliphatic heterocycles. The number of unbranched alkanes of at least 4 members (excludes halogenated alkanes) is 4. The van der Waals surface area contributed by atoms with E-state index in [4.69, 9.17) is 9.47 Å². The molecule has 0 N–H and O–H groups in total. The van der Waals surface area contributed by atoms with Crippen molar-refractivity contribution < 1.29 is 19.1 Å². The van der Waals surface area contributed by atoms with Crippen LogP contribution in [-0.4, -0.2) is 36.5 Å². The molecule has 0 aromatic heterocycles. The fourth-order valence-electron chi connectivity index (χ4n) is 3.61. The quantitative estimate of drug-likeness (QED) is 0.247. The number of imide groups is 1. The number of hydrogen-bond donors (Lipinski definition) is 0. The number of nitrogens with zero attached hydrogens (tertiary/aromatic N) is 2. The van der Waals surface area contributed by atoms with E-state index in [9.17, 15) is 14.9 Å². The van der Waals surface area contributed by atoms with Gasteiger partial charge in [0, 0.05) is 12.1 Å². The Hall–Kier alpha value is -3.07. The topological polar surface area (TPSA) is 79.6 Å². The van der Waals surface area contributed by atoms with Crippen molar-refractivity contribution in [2.24, 2.45) is 0 Å². The Bertz CT molecular complexity index is 924. The lowest BCUT2D eigenvalue weighted by Gasteiger charge is -2.27. The molecule has 1 heterocycles. The highest BCUT2D eigenvalue weighted by molar-refractivity contribution is 6.19. The van der Waals surface area contributed by atoms with Gasteiger partial charge >= 0.3 is 0 Å². The monoisotopic (exact) mass is 438 g/mol. The Morgan fingerprint density at radius 2 is 1.72 bits per heavy atom. The van der Waals surface area contributed by atoms with Gasteiger partial charge in [0.25, 0.3) is 11.8 Å². The molecular formula is C26H34N2O4. The van der Waals surface area contributed by atoms with Crippen LogP contribution in [0.3, 0.4) is 0 Å². The van der Waals surface area contributed by atoms with Crippen molar-refractivity contribution >= 4 is 17.9 Å². The molecule has 1 aromatic carbocycles. The Morgan fingerprint density at radius 3 is 2.38 bits per heavy atom. The van der Waals surface area contributed by atoms with E-state index in [1.165, 1.54) is 19.3 Å². The molecule has 0 spiro atoms. The second kappa shape index (κ2) is 12.7. The van der Waals surface area contributed by atoms with Crippen molar-refractivity contribution in [2.45, 2.75) is 66.2 Å². The number of benzene rings is 1. The maximum atomic E-state index is 13.0. The second-order valence-electron chi connectivity index (χ2n) is 7.83. The lowest BCUT2D eigenvalue weighted by atomic mass is 9.93. The summed E-state index contributed by atoms with van der Waals surface area (Å²) in [6.45, 7) is 9.03. The van der Waals surface area contributed by atoms with E-state index in [2.05, 4.69) is 6.92 Å². The van der Waals surface area contributed by atoms with Crippen LogP contribution in [0.2, 0.25) is 0 Å². The molecule has 0 atom stereocenters. The van der Waals surface area contributed by atoms with E-state index in [1.807, 2.05) is 38.1 Å². The molecule has 0 bridgehead atoms. The van der Waals surface area contributed by atoms with E-state index < -0.39 is 5.91 Å². The molecule has 0 fully saturated rings. The van der Waals surface area contributed by atoms with Gasteiger partial charge < -0.3 is 9.47 Å². The van der Waals surface area contributed by atoms with Gasteiger partial charge in [-0.15, -0.1) is 0 Å². The maximum absolute atomic E-state index is 13.0. The molecule has 0 saturated heterocycles. The number of nitriles is 1. The van der Waals surface area contributed by atoms with Crippen molar-refractivity contribution in [3.63, 3.8) is 0 Å². The Kier molecular flexibility index (Phi) is 10.0. The molecular weight excluding hydrogens is 404 g/mol. The fraction of sp³-hybridized carbons (Fsp3) is 0.500. The minimum atomic E-state index is -0.522. The third kappa shape index (κ3) is 6.23. The van der Waals surface area contributed by atoms with E-state index in [-0.39, 0.29) is 18.0 Å². The highest BCUT2D eigenvalue weighted by Gasteiger charge is 2.34. The summed E-state index contributed by atoms with van der Waals surface area (Å²) >= 11 is 0. The lowest BCUT2D eigenvalue weighted by Crippen LogP contribution is -2.43. The Balaban J connectivity index is 2.29. The smallest absolute Gasteiger partial charge is 0.271 e. The summed E-state index contributed by atoms with van der Waals surface area (Å²) in [5.41, 5.74) is 1.51. The summed E-state index contributed by atoms with van der Waals surface area (Å²) in [5, 5.41) is 9.46. The first-order valence-corrected chi connectivity index (χ1v) is 11.6. The molecule has 32 heavy (non-hydrogen) atoms. The van der Waals surface area contributed by atoms with Crippen LogP contribution in [0, 0.1) is 11.3 Å². The summed E-state index contributed by atoms with van der Waals surface area (Å²) in [4.78, 5) is 26.6. The van der Waals surface area contributed by atoms with Crippen LogP contribution in [0.4, 0.5) is 0 Å². The van der Waals surface area contributed by atoms with Gasteiger partial charge in [-0.1, -0.05) is 45.6 Å². The standard InChI is InChI=1S/C26H34N2O4/c1-5-8-9-10-11-15-32-23-13-12-20(17-24(23)31-7-3)16-21-19(4)22(18-27)26(30)28(14-6-2)25(21)29/h12-13,16-17H,5-11,14-15H2,1-4H3/b21-16+. The van der Waals surface area contributed by atoms with Crippen molar-refractivity contribution in [1.82, 2.24) is 4.90 Å². The van der Waals surface area contributed by atoms with Gasteiger partial charge in [0.05, 0.1) is 13.2 Å². The molecule has 172 valence electrons. The third-order valence-electron chi connectivity index (χ3n) is 5.36. The summed E-state index contributed by atoms with van der Waals surface area (Å²) in [6, 6.07) is 7.49. The van der Waals surface area contributed by atoms with Crippen molar-refractivity contribution in [1.29, 1.82) is 5.26 Å². The average Bonchev–Trinajstić information content (AvgIpc) is 2.78. The lowest BCUT2D eigenvalue weighted by molar-refractivity contribution is -0.140. The van der Waals surface area contributed by atoms with E-state index in [0.717, 1.165) is 23.3 Å². The van der Waals surface area contributed by atoms with Crippen LogP contribution in [0.15, 0.2) is 34.9 Å². The zero-order valence-electron chi connectivity index (χ0n) is 19.7. The van der Waals surface area contributed by atoms with E-state index in [1.54, 1.807) is 13.0 Å². The van der Waals surface area contributed by atoms with Crippen molar-refractivity contribution in [3.8, 4) is 17.6 Å². The molecule has 6 heteroatoms. The van der Waals surface area contributed by atoms with Crippen LogP contribution in [0.1, 0.15) is 71.8 Å². The minimum Gasteiger partial charge on any atom is -0.490 e. The van der Waals surface area contributed by atoms with Gasteiger partial charge in [-0.3, -0.25) is 14.5 Å². The fourth-order valence-corrected chi connectivity index (χ4v) is 3.61. The van der Waals surface area contributed by atoms with Crippen LogP contribution in [0.5, 0.6) is 11.5 Å². The van der Waals surface area contributed by atoms with Crippen LogP contribution in [-0.2, 0) is 9.59 Å². The molecule has 2 rings (SSSR count). The first-order chi connectivity index (χ1) is 15.5. The molecule has 0 aliphatic carbocycles. The Labute approximate surface area is 191 Å². The molecule has 6 nitrogen and oxygen atoms in total. The highest BCUT2D eigenvalue weighted by Crippen LogP contribution is 2.32. The van der Waals surface area contributed by atoms with Crippen molar-refractivity contribution in [3.05, 3.63) is 40.5 Å². The zero-order chi connectivity index (χ0) is 23.5. The van der Waals surface area contributed by atoms with Gasteiger partial charge in [0.2, 0.25) is 0 Å². The van der Waals surface area contributed by atoms with Gasteiger partial charge in [-0.05, 0) is 56.0 Å². The number of amides is 2. The number of rotatable bonds is 12. The number of ether oxygens (including phenoxy) is 2. The SMILES string of the molecule is CCCCCCCOc1ccc(/C=C2/C(=O)N(CCC)C(=O)C(C#N)=C2C)cc1OCC. The summed E-state index contributed by atoms with van der Waals surface area (Å²) in [7, 11) is 0. The maximum Gasteiger partial charge on any atom is 0.271 e. The minimum absolute atomic E-state index is 0.0114. The first kappa shape index (κ1) is 25.2. The van der Waals surface area contributed by atoms with E-state index >= 15 is 0 Å². The summed E-state index contributed by atoms with van der Waals surface area (Å²) in [5.74, 6) is 0.389. The predicted octanol–water partition coefficient (Wildman–Crippen LogP) is 5.44. The largest absolute Gasteiger partial charge is 0.490 e.